The van der Waals surface area contributed by atoms with Gasteiger partial charge < -0.3 is 74.6 Å². The van der Waals surface area contributed by atoms with E-state index in [1.807, 2.05) is 166 Å². The van der Waals surface area contributed by atoms with E-state index in [-0.39, 0.29) is 96.9 Å². The van der Waals surface area contributed by atoms with Crippen molar-refractivity contribution in [3.8, 4) is 24.2 Å². The number of aromatic nitrogens is 6. The number of hydrogen-bond donors (Lipinski definition) is 7. The molecule has 16 atom stereocenters. The number of methoxy groups -OCH3 is 3. The number of terminal acetylenes is 1. The van der Waals surface area contributed by atoms with Gasteiger partial charge in [0.05, 0.1) is 101 Å². The van der Waals surface area contributed by atoms with Crippen LogP contribution in [-0.2, 0) is 42.9 Å². The number of rotatable bonds is 21. The van der Waals surface area contributed by atoms with Gasteiger partial charge in [0.1, 0.15) is 41.2 Å². The average Bonchev–Trinajstić information content (AvgIpc) is 1.64. The highest BCUT2D eigenvalue weighted by Crippen LogP contribution is 2.55. The number of hydrogen-bond acceptors (Lipinski definition) is 24. The van der Waals surface area contributed by atoms with Crippen LogP contribution < -0.4 is 16.0 Å². The number of H-pyrrole nitrogens is 3. The number of amides is 8. The van der Waals surface area contributed by atoms with Crippen molar-refractivity contribution in [3.05, 3.63) is 126 Å². The number of imidazole rings is 3. The summed E-state index contributed by atoms with van der Waals surface area (Å²) in [6, 6.07) is -2.19. The smallest absolute Gasteiger partial charge is 0.410 e. The molecule has 7 N–H and O–H groups in total. The second kappa shape index (κ2) is 50.9. The first-order valence-corrected chi connectivity index (χ1v) is 53.6. The maximum atomic E-state index is 13.5. The Kier molecular flexibility index (Phi) is 40.5. The molecule has 0 aromatic carbocycles. The van der Waals surface area contributed by atoms with Crippen LogP contribution in [-0.4, -0.2) is 253 Å². The predicted molar refractivity (Wildman–Crippen MR) is 561 cm³/mol. The van der Waals surface area contributed by atoms with Gasteiger partial charge in [-0.15, -0.1) is 77.0 Å². The quantitative estimate of drug-likeness (QED) is 0.0385. The molecular formula is C99H135Br2FN16O14S6. The molecule has 16 heterocycles. The molecule has 0 spiro atoms. The van der Waals surface area contributed by atoms with Crippen LogP contribution in [0.3, 0.4) is 0 Å². The number of ether oxygens (including phenoxy) is 4. The lowest BCUT2D eigenvalue weighted by Crippen LogP contribution is -2.53. The molecule has 5 fully saturated rings. The van der Waals surface area contributed by atoms with E-state index in [4.69, 9.17) is 32.4 Å². The number of likely N-dealkylation sites (tertiary alicyclic amines) is 5. The van der Waals surface area contributed by atoms with Crippen molar-refractivity contribution in [1.82, 2.24) is 70.4 Å². The Balaban J connectivity index is 0.000000189. The van der Waals surface area contributed by atoms with Crippen LogP contribution in [0.4, 0.5) is 23.6 Å². The first-order chi connectivity index (χ1) is 65.6. The number of halogens is 3. The molecule has 39 heteroatoms. The first kappa shape index (κ1) is 110. The minimum absolute atomic E-state index is 0. The normalized spacial score (nSPS) is 24.7. The third-order valence-corrected chi connectivity index (χ3v) is 35.1. The SMILES string of the molecule is C.C#CC1=CN=C(C2CCCN2C(=O)[C@@H](NC(=O)OC)C(C)C)C1.CC(C)(C)OC(=O)N1CCC[C@H]1c1ncc(C2=CC3SC(Br)=CC3S2)[nH]1.CC(C)[C@H](C)C(=O)N1CCC[C@H]1c1ncc(C2=CC3SC(Br)=CC3S2)[nH]1.COC(=O)N[C@H](C(=O)N1CCCC1C1=NC=C(C#CC2=CC3SC(c4cnc([C@@H]5CCCN5C(=O)[C@@H](C)C(C)C)[nH]4)=CC3S2)C1)C(C)C.COC(=O)N[C@H](C(=O)O)C(C)C.[2H]CF. The molecule has 752 valence electrons. The van der Waals surface area contributed by atoms with Crippen LogP contribution in [0.25, 0.3) is 14.7 Å². The van der Waals surface area contributed by atoms with Gasteiger partial charge in [-0.3, -0.25) is 38.5 Å². The number of alkyl carbamates (subject to hydrolysis) is 3. The van der Waals surface area contributed by atoms with Gasteiger partial charge in [-0.05, 0) is 165 Å². The maximum Gasteiger partial charge on any atom is 0.410 e. The molecule has 138 heavy (non-hydrogen) atoms. The maximum absolute atomic E-state index is 13.5. The zero-order valence-corrected chi connectivity index (χ0v) is 89.2. The largest absolute Gasteiger partial charge is 0.480 e. The standard InChI is InChI=1S/C36H46N6O4S2.C19H24BrN3OS2.C18H22BrN3O2S2.C17H23N3O3.C7H13NO4.CH3F.CH4/c1-20(2)22(5)34(43)42-14-8-10-28(42)33-38-19-26(39-33)29-17-31-30(48-29)16-24(47-31)12-11-23-15-25(37-18-23)27-9-7-13-41(27)35(44)32(21(3)4)40-36(45)46-6;1-10(2)11(3)19(24)23-6-4-5-13(23)18-21-9-12(22-18)14-7-15-16(25-14)8-17(20)26-15;1-18(2,3)24-17(23)22-6-4-5-11(22)16-20-9-10(21-16)12-7-13-14(25-12)8-15(19)26-13;1-5-12-9-13(18-10-12)14-7-6-8-20(14)16(21)15(11(2)3)19-17(22)23-4;1-4(2)5(6(9)10)8-7(11)12-3;1-2;/h16-22,27-28,30-32H,7-10,13-15H2,1-6H3,(H,38,39)(H,40,45);7-11,13,15-16H,4-6H2,1-3H3,(H,21,22);7-9,11,13-14H,4-6H2,1-3H3,(H,20,21);1,10-11,14-15H,6-9H2,2-4H3,(H,19,22);4-5H,1-3H3,(H,8,11)(H,9,10);1H3;1H4/t22-,27?,28-,30?,31?,32-;11-,13-,15?,16?;11-,13?,14?;14?,15-;5-;;/m00000../s1/i;;;;;1D;. The Morgan fingerprint density at radius 2 is 0.804 bits per heavy atom. The topological polar surface area (TPSA) is 374 Å². The molecule has 5 saturated heterocycles. The van der Waals surface area contributed by atoms with Crippen molar-refractivity contribution in [3.63, 3.8) is 0 Å². The van der Waals surface area contributed by atoms with Crippen LogP contribution in [0.1, 0.15) is 242 Å². The number of carbonyl (C=O) groups is 9. The number of carbonyl (C=O) groups excluding carboxylic acids is 8. The summed E-state index contributed by atoms with van der Waals surface area (Å²) >= 11 is 18.3. The van der Waals surface area contributed by atoms with Gasteiger partial charge in [-0.2, -0.15) is 0 Å². The van der Waals surface area contributed by atoms with Crippen molar-refractivity contribution in [2.75, 3.05) is 61.2 Å². The molecule has 0 saturated carbocycles. The minimum atomic E-state index is -1.06. The molecule has 0 aliphatic carbocycles. The minimum Gasteiger partial charge on any atom is -0.480 e. The number of nitrogens with zero attached hydrogens (tertiary/aromatic N) is 10. The van der Waals surface area contributed by atoms with Crippen molar-refractivity contribution in [1.29, 1.82) is 0 Å². The highest BCUT2D eigenvalue weighted by molar-refractivity contribution is 9.14. The second-order valence-electron chi connectivity index (χ2n) is 38.0. The second-order valence-corrected chi connectivity index (χ2v) is 48.0. The number of carboxylic acid groups (broad SMARTS) is 1. The van der Waals surface area contributed by atoms with Crippen LogP contribution >= 0.6 is 102 Å². The molecule has 0 radical (unpaired) electrons. The molecule has 30 nitrogen and oxygen atoms in total. The monoisotopic (exact) mass is 2140 g/mol. The number of fused-ring (bicyclic) bond motifs is 3. The Morgan fingerprint density at radius 3 is 1.14 bits per heavy atom. The van der Waals surface area contributed by atoms with E-state index in [1.165, 1.54) is 43.7 Å². The van der Waals surface area contributed by atoms with Gasteiger partial charge in [-0.25, -0.2) is 38.9 Å². The zero-order valence-electron chi connectivity index (χ0n) is 82.1. The van der Waals surface area contributed by atoms with Crippen LogP contribution in [0.2, 0.25) is 0 Å². The number of aliphatic imine (C=N–C) groups is 2. The summed E-state index contributed by atoms with van der Waals surface area (Å²) in [6.07, 6.45) is 36.9. The molecular weight excluding hydrogens is 2010 g/mol. The molecule has 3 aromatic rings. The van der Waals surface area contributed by atoms with Crippen LogP contribution in [0, 0.1) is 65.6 Å². The summed E-state index contributed by atoms with van der Waals surface area (Å²) in [7, 11) is 2.78. The summed E-state index contributed by atoms with van der Waals surface area (Å²) in [5.41, 5.74) is 6.34. The number of nitrogens with one attached hydrogen (secondary N) is 6. The Hall–Kier alpha value is -8.57. The molecule has 8 amide bonds. The van der Waals surface area contributed by atoms with Crippen molar-refractivity contribution >= 4 is 183 Å². The van der Waals surface area contributed by atoms with E-state index >= 15 is 0 Å². The number of aromatic amines is 3. The molecule has 13 aliphatic rings. The summed E-state index contributed by atoms with van der Waals surface area (Å²) in [4.78, 5) is 157. The molecule has 13 aliphatic heterocycles. The van der Waals surface area contributed by atoms with Crippen molar-refractivity contribution in [2.24, 2.45) is 51.4 Å². The Labute approximate surface area is 855 Å². The number of carboxylic acids is 1. The van der Waals surface area contributed by atoms with Crippen molar-refractivity contribution in [2.45, 2.75) is 274 Å². The average molecular weight is 2150 g/mol. The predicted octanol–water partition coefficient (Wildman–Crippen LogP) is 19.8. The molecule has 16 rings (SSSR count). The van der Waals surface area contributed by atoms with Gasteiger partial charge in [0.2, 0.25) is 23.6 Å². The Morgan fingerprint density at radius 1 is 0.478 bits per heavy atom. The number of alkyl halides is 1. The van der Waals surface area contributed by atoms with Gasteiger partial charge in [-0.1, -0.05) is 127 Å². The van der Waals surface area contributed by atoms with Crippen LogP contribution in [0.5, 0.6) is 0 Å². The zero-order chi connectivity index (χ0) is 100. The number of aliphatic carboxylic acids is 1. The third kappa shape index (κ3) is 28.3. The first-order valence-electron chi connectivity index (χ1n) is 47.5. The van der Waals surface area contributed by atoms with Gasteiger partial charge >= 0.3 is 30.3 Å². The van der Waals surface area contributed by atoms with E-state index in [0.717, 1.165) is 139 Å². The van der Waals surface area contributed by atoms with E-state index < -0.39 is 55.1 Å². The summed E-state index contributed by atoms with van der Waals surface area (Å²) in [5.74, 6) is 11.7. The highest BCUT2D eigenvalue weighted by atomic mass is 79.9. The Bertz CT molecular complexity index is 5370. The lowest BCUT2D eigenvalue weighted by molar-refractivity contribution is -0.140. The van der Waals surface area contributed by atoms with Gasteiger partial charge in [0, 0.05) is 146 Å². The fourth-order valence-corrected chi connectivity index (χ4v) is 27.7. The molecule has 8 unspecified atom stereocenters. The van der Waals surface area contributed by atoms with E-state index in [9.17, 15) is 47.5 Å². The van der Waals surface area contributed by atoms with Crippen molar-refractivity contribution < 1.29 is 73.0 Å². The summed E-state index contributed by atoms with van der Waals surface area (Å²) < 4.78 is 37.2. The number of allylic oxidation sites excluding steroid dienone is 3. The van der Waals surface area contributed by atoms with E-state index in [0.29, 0.717) is 75.8 Å². The molecule has 0 bridgehead atoms. The fraction of sp³-hybridized carbons (Fsp3) is 0.596. The lowest BCUT2D eigenvalue weighted by Gasteiger charge is -2.31. The van der Waals surface area contributed by atoms with Crippen LogP contribution in [0.15, 0.2) is 101 Å². The van der Waals surface area contributed by atoms with E-state index in [1.54, 1.807) is 36.7 Å². The van der Waals surface area contributed by atoms with Gasteiger partial charge in [0.15, 0.2) is 0 Å². The fourth-order valence-electron chi connectivity index (χ4n) is 17.7. The lowest BCUT2D eigenvalue weighted by atomic mass is 9.96. The number of thioether (sulfide) groups is 6. The van der Waals surface area contributed by atoms with E-state index in [2.05, 4.69) is 169 Å². The summed E-state index contributed by atoms with van der Waals surface area (Å²) in [5, 5.41) is 18.8. The summed E-state index contributed by atoms with van der Waals surface area (Å²) in [6.45, 7) is 32.9. The highest BCUT2D eigenvalue weighted by Gasteiger charge is 2.45. The van der Waals surface area contributed by atoms with Gasteiger partial charge in [0.25, 0.3) is 0 Å². The molecule has 3 aromatic heterocycles. The third-order valence-electron chi connectivity index (χ3n) is 25.7.